The first kappa shape index (κ1) is 24.5. The second kappa shape index (κ2) is 9.38. The average molecular weight is 443 g/mol. The van der Waals surface area contributed by atoms with E-state index in [2.05, 4.69) is 45.5 Å². The summed E-state index contributed by atoms with van der Waals surface area (Å²) in [5.41, 5.74) is 3.84. The molecule has 4 atom stereocenters. The first-order chi connectivity index (χ1) is 15.0. The van der Waals surface area contributed by atoms with Crippen molar-refractivity contribution in [2.45, 2.75) is 96.2 Å². The molecule has 176 valence electrons. The summed E-state index contributed by atoms with van der Waals surface area (Å²) >= 11 is 0. The Balaban J connectivity index is 1.71. The van der Waals surface area contributed by atoms with Gasteiger partial charge in [0.15, 0.2) is 0 Å². The zero-order valence-electron chi connectivity index (χ0n) is 20.2. The van der Waals surface area contributed by atoms with Gasteiger partial charge in [0.1, 0.15) is 12.2 Å². The third-order valence-electron chi connectivity index (χ3n) is 7.49. The highest BCUT2D eigenvalue weighted by Crippen LogP contribution is 2.55. The van der Waals surface area contributed by atoms with Gasteiger partial charge in [-0.25, -0.2) is 4.79 Å². The third kappa shape index (κ3) is 4.93. The molecule has 0 amide bonds. The van der Waals surface area contributed by atoms with Crippen LogP contribution in [0.1, 0.15) is 89.3 Å². The molecule has 0 saturated heterocycles. The summed E-state index contributed by atoms with van der Waals surface area (Å²) in [6.07, 6.45) is 3.57. The standard InChI is InChI=1S/C27H38O5/c1-17(2)19-8-10-22-20(14-19)9-11-23-26(22,5)12-7-13-27(23,6)32-24(29)15-21(28)16-31-25(30)18(3)4/h8,10,14,17,21,23,28H,3,7,9,11-13,15-16H2,1-2,4-6H3. The Labute approximate surface area is 192 Å². The Hall–Kier alpha value is -2.14. The number of carbonyl (C=O) groups excluding carboxylic acids is 2. The van der Waals surface area contributed by atoms with Gasteiger partial charge in [0, 0.05) is 11.5 Å². The zero-order chi connectivity index (χ0) is 23.7. The van der Waals surface area contributed by atoms with Crippen molar-refractivity contribution in [3.8, 4) is 0 Å². The molecule has 1 N–H and O–H groups in total. The second-order valence-electron chi connectivity index (χ2n) is 10.5. The van der Waals surface area contributed by atoms with Crippen LogP contribution in [0.3, 0.4) is 0 Å². The number of rotatable bonds is 7. The number of fused-ring (bicyclic) bond motifs is 3. The zero-order valence-corrected chi connectivity index (χ0v) is 20.2. The number of hydrogen-bond donors (Lipinski definition) is 1. The van der Waals surface area contributed by atoms with Crippen molar-refractivity contribution < 1.29 is 24.2 Å². The minimum absolute atomic E-state index is 0.0357. The van der Waals surface area contributed by atoms with Gasteiger partial charge in [-0.15, -0.1) is 0 Å². The first-order valence-corrected chi connectivity index (χ1v) is 11.8. The van der Waals surface area contributed by atoms with Crippen LogP contribution in [0.15, 0.2) is 30.4 Å². The predicted molar refractivity (Wildman–Crippen MR) is 124 cm³/mol. The molecule has 5 heteroatoms. The van der Waals surface area contributed by atoms with Crippen LogP contribution in [-0.4, -0.2) is 35.4 Å². The van der Waals surface area contributed by atoms with Gasteiger partial charge in [0.25, 0.3) is 0 Å². The lowest BCUT2D eigenvalue weighted by Crippen LogP contribution is -2.55. The van der Waals surface area contributed by atoms with E-state index in [0.717, 1.165) is 32.1 Å². The van der Waals surface area contributed by atoms with E-state index in [-0.39, 0.29) is 29.9 Å². The van der Waals surface area contributed by atoms with Crippen LogP contribution in [0.4, 0.5) is 0 Å². The van der Waals surface area contributed by atoms with Gasteiger partial charge in [-0.2, -0.15) is 0 Å². The highest BCUT2D eigenvalue weighted by molar-refractivity contribution is 5.86. The smallest absolute Gasteiger partial charge is 0.333 e. The number of aryl methyl sites for hydroxylation is 1. The second-order valence-corrected chi connectivity index (χ2v) is 10.5. The molecular weight excluding hydrogens is 404 g/mol. The fourth-order valence-corrected chi connectivity index (χ4v) is 5.78. The highest BCUT2D eigenvalue weighted by Gasteiger charge is 2.53. The van der Waals surface area contributed by atoms with E-state index in [1.54, 1.807) is 0 Å². The minimum Gasteiger partial charge on any atom is -0.460 e. The van der Waals surface area contributed by atoms with Gasteiger partial charge in [-0.3, -0.25) is 4.79 Å². The van der Waals surface area contributed by atoms with Gasteiger partial charge >= 0.3 is 11.9 Å². The fraction of sp³-hybridized carbons (Fsp3) is 0.630. The fourth-order valence-electron chi connectivity index (χ4n) is 5.78. The number of aliphatic hydroxyl groups excluding tert-OH is 1. The molecule has 1 saturated carbocycles. The van der Waals surface area contributed by atoms with Crippen LogP contribution in [0, 0.1) is 5.92 Å². The largest absolute Gasteiger partial charge is 0.460 e. The number of hydrogen-bond acceptors (Lipinski definition) is 5. The summed E-state index contributed by atoms with van der Waals surface area (Å²) < 4.78 is 11.0. The molecule has 0 radical (unpaired) electrons. The maximum atomic E-state index is 12.7. The molecule has 4 unspecified atom stereocenters. The Morgan fingerprint density at radius 2 is 1.97 bits per heavy atom. The van der Waals surface area contributed by atoms with Crippen molar-refractivity contribution in [2.75, 3.05) is 6.61 Å². The van der Waals surface area contributed by atoms with Gasteiger partial charge in [0.2, 0.25) is 0 Å². The van der Waals surface area contributed by atoms with Crippen molar-refractivity contribution in [1.29, 1.82) is 0 Å². The summed E-state index contributed by atoms with van der Waals surface area (Å²) in [6.45, 7) is 13.6. The highest BCUT2D eigenvalue weighted by atomic mass is 16.6. The lowest BCUT2D eigenvalue weighted by atomic mass is 9.53. The van der Waals surface area contributed by atoms with E-state index in [1.165, 1.54) is 23.6 Å². The summed E-state index contributed by atoms with van der Waals surface area (Å²) in [7, 11) is 0. The first-order valence-electron chi connectivity index (χ1n) is 11.8. The van der Waals surface area contributed by atoms with Crippen molar-refractivity contribution in [1.82, 2.24) is 0 Å². The number of esters is 2. The van der Waals surface area contributed by atoms with Gasteiger partial charge < -0.3 is 14.6 Å². The molecule has 3 rings (SSSR count). The molecule has 5 nitrogen and oxygen atoms in total. The van der Waals surface area contributed by atoms with Crippen LogP contribution in [0.2, 0.25) is 0 Å². The molecular formula is C27H38O5. The molecule has 0 bridgehead atoms. The van der Waals surface area contributed by atoms with Gasteiger partial charge in [-0.05, 0) is 74.0 Å². The number of ether oxygens (including phenoxy) is 2. The van der Waals surface area contributed by atoms with Crippen molar-refractivity contribution in [3.63, 3.8) is 0 Å². The van der Waals surface area contributed by atoms with E-state index in [9.17, 15) is 14.7 Å². The lowest BCUT2D eigenvalue weighted by Gasteiger charge is -2.54. The number of benzene rings is 1. The van der Waals surface area contributed by atoms with E-state index in [0.29, 0.717) is 5.92 Å². The van der Waals surface area contributed by atoms with E-state index in [1.807, 2.05) is 6.92 Å². The summed E-state index contributed by atoms with van der Waals surface area (Å²) in [5.74, 6) is -0.293. The maximum Gasteiger partial charge on any atom is 0.333 e. The summed E-state index contributed by atoms with van der Waals surface area (Å²) in [6, 6.07) is 6.91. The average Bonchev–Trinajstić information content (AvgIpc) is 2.70. The van der Waals surface area contributed by atoms with E-state index >= 15 is 0 Å². The van der Waals surface area contributed by atoms with Crippen LogP contribution in [0.25, 0.3) is 0 Å². The molecule has 0 aliphatic heterocycles. The monoisotopic (exact) mass is 442 g/mol. The molecule has 2 aliphatic carbocycles. The minimum atomic E-state index is -1.09. The molecule has 0 spiro atoms. The van der Waals surface area contributed by atoms with Crippen LogP contribution < -0.4 is 0 Å². The predicted octanol–water partition coefficient (Wildman–Crippen LogP) is 4.99. The number of aliphatic hydroxyl groups is 1. The lowest BCUT2D eigenvalue weighted by molar-refractivity contribution is -0.177. The van der Waals surface area contributed by atoms with Crippen molar-refractivity contribution in [2.24, 2.45) is 5.92 Å². The number of carbonyl (C=O) groups is 2. The third-order valence-corrected chi connectivity index (χ3v) is 7.49. The summed E-state index contributed by atoms with van der Waals surface area (Å²) in [5, 5.41) is 10.1. The Kier molecular flexibility index (Phi) is 7.18. The van der Waals surface area contributed by atoms with Crippen molar-refractivity contribution >= 4 is 11.9 Å². The van der Waals surface area contributed by atoms with E-state index < -0.39 is 23.6 Å². The Morgan fingerprint density at radius 1 is 1.25 bits per heavy atom. The summed E-state index contributed by atoms with van der Waals surface area (Å²) in [4.78, 5) is 24.2. The van der Waals surface area contributed by atoms with Gasteiger partial charge in [0.05, 0.1) is 12.5 Å². The topological polar surface area (TPSA) is 72.8 Å². The molecule has 0 aromatic heterocycles. The SMILES string of the molecule is C=C(C)C(=O)OCC(O)CC(=O)OC1(C)CCCC2(C)c3ccc(C(C)C)cc3CCC12. The molecule has 32 heavy (non-hydrogen) atoms. The molecule has 2 aliphatic rings. The van der Waals surface area contributed by atoms with Crippen LogP contribution in [0.5, 0.6) is 0 Å². The molecule has 0 heterocycles. The van der Waals surface area contributed by atoms with E-state index in [4.69, 9.17) is 9.47 Å². The quantitative estimate of drug-likeness (QED) is 0.476. The molecule has 1 aromatic rings. The maximum absolute atomic E-state index is 12.7. The van der Waals surface area contributed by atoms with Crippen LogP contribution >= 0.6 is 0 Å². The Morgan fingerprint density at radius 3 is 2.62 bits per heavy atom. The van der Waals surface area contributed by atoms with Gasteiger partial charge in [-0.1, -0.05) is 45.5 Å². The molecule has 1 aromatic carbocycles. The normalized spacial score (nSPS) is 27.8. The molecule has 1 fully saturated rings. The van der Waals surface area contributed by atoms with Crippen molar-refractivity contribution in [3.05, 3.63) is 47.0 Å². The van der Waals surface area contributed by atoms with Crippen LogP contribution in [-0.2, 0) is 30.9 Å². The Bertz CT molecular complexity index is 888.